The molecule has 1 heterocycles. The molecule has 0 radical (unpaired) electrons. The van der Waals surface area contributed by atoms with Gasteiger partial charge in [-0.2, -0.15) is 13.2 Å². The molecule has 1 saturated carbocycles. The number of nitrogens with one attached hydrogen (secondary N) is 1. The number of ether oxygens (including phenoxy) is 2. The van der Waals surface area contributed by atoms with Gasteiger partial charge in [-0.3, -0.25) is 4.99 Å². The number of pyridine rings is 1. The molecule has 26 heavy (non-hydrogen) atoms. The molecule has 1 fully saturated rings. The SMILES string of the molecule is CN=C(NCc1ccc(OCC(F)(F)F)nc1)N(C)CCOCC1CC1. The second kappa shape index (κ2) is 9.61. The van der Waals surface area contributed by atoms with Gasteiger partial charge in [0.2, 0.25) is 5.88 Å². The summed E-state index contributed by atoms with van der Waals surface area (Å²) in [6.07, 6.45) is -0.355. The van der Waals surface area contributed by atoms with Gasteiger partial charge in [0.25, 0.3) is 0 Å². The molecule has 0 amide bonds. The number of rotatable bonds is 9. The highest BCUT2D eigenvalue weighted by Crippen LogP contribution is 2.28. The van der Waals surface area contributed by atoms with Crippen molar-refractivity contribution in [3.05, 3.63) is 23.9 Å². The van der Waals surface area contributed by atoms with Crippen molar-refractivity contribution in [2.24, 2.45) is 10.9 Å². The molecule has 0 aromatic carbocycles. The maximum Gasteiger partial charge on any atom is 0.422 e. The highest BCUT2D eigenvalue weighted by atomic mass is 19.4. The molecule has 1 N–H and O–H groups in total. The van der Waals surface area contributed by atoms with Gasteiger partial charge in [-0.25, -0.2) is 4.98 Å². The summed E-state index contributed by atoms with van der Waals surface area (Å²) in [6.45, 7) is 1.29. The topological polar surface area (TPSA) is 59.0 Å². The van der Waals surface area contributed by atoms with Crippen LogP contribution in [0.2, 0.25) is 0 Å². The van der Waals surface area contributed by atoms with Crippen LogP contribution in [0.3, 0.4) is 0 Å². The van der Waals surface area contributed by atoms with Crippen LogP contribution in [0.4, 0.5) is 13.2 Å². The first kappa shape index (κ1) is 20.3. The van der Waals surface area contributed by atoms with Crippen LogP contribution in [0.25, 0.3) is 0 Å². The van der Waals surface area contributed by atoms with E-state index in [-0.39, 0.29) is 5.88 Å². The molecule has 0 atom stereocenters. The summed E-state index contributed by atoms with van der Waals surface area (Å²) in [7, 11) is 3.61. The van der Waals surface area contributed by atoms with Gasteiger partial charge in [-0.15, -0.1) is 0 Å². The van der Waals surface area contributed by atoms with Crippen molar-refractivity contribution in [2.75, 3.05) is 40.5 Å². The lowest BCUT2D eigenvalue weighted by Crippen LogP contribution is -2.40. The average Bonchev–Trinajstić information content (AvgIpc) is 3.42. The maximum atomic E-state index is 12.1. The Morgan fingerprint density at radius 1 is 1.38 bits per heavy atom. The van der Waals surface area contributed by atoms with Crippen molar-refractivity contribution in [2.45, 2.75) is 25.6 Å². The monoisotopic (exact) mass is 374 g/mol. The van der Waals surface area contributed by atoms with Crippen LogP contribution in [0.1, 0.15) is 18.4 Å². The third kappa shape index (κ3) is 7.90. The van der Waals surface area contributed by atoms with Gasteiger partial charge in [0.05, 0.1) is 6.61 Å². The summed E-state index contributed by atoms with van der Waals surface area (Å²) in [6, 6.07) is 3.08. The lowest BCUT2D eigenvalue weighted by Gasteiger charge is -2.22. The number of likely N-dealkylation sites (N-methyl/N-ethyl adjacent to an activating group) is 1. The first-order valence-electron chi connectivity index (χ1n) is 8.51. The lowest BCUT2D eigenvalue weighted by atomic mass is 10.3. The van der Waals surface area contributed by atoms with Gasteiger partial charge in [-0.05, 0) is 24.3 Å². The number of hydrogen-bond acceptors (Lipinski definition) is 4. The van der Waals surface area contributed by atoms with Crippen molar-refractivity contribution in [1.29, 1.82) is 0 Å². The van der Waals surface area contributed by atoms with Crippen LogP contribution >= 0.6 is 0 Å². The Morgan fingerprint density at radius 2 is 2.15 bits per heavy atom. The second-order valence-electron chi connectivity index (χ2n) is 6.25. The molecule has 0 bridgehead atoms. The van der Waals surface area contributed by atoms with Gasteiger partial charge in [0.15, 0.2) is 12.6 Å². The zero-order chi connectivity index (χ0) is 19.0. The number of halogens is 3. The van der Waals surface area contributed by atoms with Crippen molar-refractivity contribution in [3.63, 3.8) is 0 Å². The van der Waals surface area contributed by atoms with E-state index in [9.17, 15) is 13.2 Å². The smallest absolute Gasteiger partial charge is 0.422 e. The third-order valence-electron chi connectivity index (χ3n) is 3.83. The Bertz CT molecular complexity index is 574. The molecule has 0 aliphatic heterocycles. The highest BCUT2D eigenvalue weighted by molar-refractivity contribution is 5.79. The number of guanidine groups is 1. The largest absolute Gasteiger partial charge is 0.468 e. The highest BCUT2D eigenvalue weighted by Gasteiger charge is 2.28. The first-order valence-corrected chi connectivity index (χ1v) is 8.51. The van der Waals surface area contributed by atoms with Crippen LogP contribution in [-0.2, 0) is 11.3 Å². The number of aliphatic imine (C=N–C) groups is 1. The summed E-state index contributed by atoms with van der Waals surface area (Å²) in [4.78, 5) is 10.0. The minimum atomic E-state index is -4.37. The molecule has 0 saturated heterocycles. The number of nitrogens with zero attached hydrogens (tertiary/aromatic N) is 3. The molecule has 1 aromatic rings. The van der Waals surface area contributed by atoms with Crippen LogP contribution in [0.5, 0.6) is 5.88 Å². The fourth-order valence-corrected chi connectivity index (χ4v) is 2.16. The van der Waals surface area contributed by atoms with E-state index in [1.165, 1.54) is 25.1 Å². The van der Waals surface area contributed by atoms with Gasteiger partial charge in [-0.1, -0.05) is 6.07 Å². The summed E-state index contributed by atoms with van der Waals surface area (Å²) >= 11 is 0. The standard InChI is InChI=1S/C17H25F3N4O2/c1-21-16(24(2)7-8-25-11-13-3-4-13)23-10-14-5-6-15(22-9-14)26-12-17(18,19)20/h5-6,9,13H,3-4,7-8,10-12H2,1-2H3,(H,21,23). The molecule has 0 unspecified atom stereocenters. The lowest BCUT2D eigenvalue weighted by molar-refractivity contribution is -0.154. The Balaban J connectivity index is 1.70. The normalized spacial score (nSPS) is 15.0. The predicted octanol–water partition coefficient (Wildman–Crippen LogP) is 2.46. The molecule has 0 spiro atoms. The van der Waals surface area contributed by atoms with Crippen LogP contribution in [0.15, 0.2) is 23.3 Å². The van der Waals surface area contributed by atoms with Crippen LogP contribution in [-0.4, -0.2) is 62.5 Å². The van der Waals surface area contributed by atoms with E-state index in [2.05, 4.69) is 20.0 Å². The van der Waals surface area contributed by atoms with Gasteiger partial charge in [0, 0.05) is 46.1 Å². The molecule has 6 nitrogen and oxygen atoms in total. The number of alkyl halides is 3. The fourth-order valence-electron chi connectivity index (χ4n) is 2.16. The maximum absolute atomic E-state index is 12.1. The number of aromatic nitrogens is 1. The minimum Gasteiger partial charge on any atom is -0.468 e. The molecule has 1 aliphatic rings. The minimum absolute atomic E-state index is 0.0552. The number of hydrogen-bond donors (Lipinski definition) is 1. The predicted molar refractivity (Wildman–Crippen MR) is 92.2 cm³/mol. The average molecular weight is 374 g/mol. The van der Waals surface area contributed by atoms with Crippen molar-refractivity contribution < 1.29 is 22.6 Å². The van der Waals surface area contributed by atoms with E-state index in [4.69, 9.17) is 4.74 Å². The van der Waals surface area contributed by atoms with Crippen molar-refractivity contribution >= 4 is 5.96 Å². The van der Waals surface area contributed by atoms with E-state index in [1.807, 2.05) is 11.9 Å². The van der Waals surface area contributed by atoms with Crippen LogP contribution < -0.4 is 10.1 Å². The van der Waals surface area contributed by atoms with Crippen molar-refractivity contribution in [1.82, 2.24) is 15.2 Å². The van der Waals surface area contributed by atoms with E-state index < -0.39 is 12.8 Å². The summed E-state index contributed by atoms with van der Waals surface area (Å²) in [5, 5.41) is 3.18. The zero-order valence-corrected chi connectivity index (χ0v) is 15.1. The first-order chi connectivity index (χ1) is 12.4. The Morgan fingerprint density at radius 3 is 2.73 bits per heavy atom. The van der Waals surface area contributed by atoms with Crippen molar-refractivity contribution in [3.8, 4) is 5.88 Å². The molecular weight excluding hydrogens is 349 g/mol. The molecule has 1 aliphatic carbocycles. The van der Waals surface area contributed by atoms with Gasteiger partial charge < -0.3 is 19.7 Å². The Kier molecular flexibility index (Phi) is 7.50. The zero-order valence-electron chi connectivity index (χ0n) is 15.1. The van der Waals surface area contributed by atoms with E-state index in [0.717, 1.165) is 24.6 Å². The molecular formula is C17H25F3N4O2. The summed E-state index contributed by atoms with van der Waals surface area (Å²) in [5.74, 6) is 1.39. The summed E-state index contributed by atoms with van der Waals surface area (Å²) in [5.41, 5.74) is 0.809. The van der Waals surface area contributed by atoms with E-state index in [1.54, 1.807) is 13.1 Å². The molecule has 9 heteroatoms. The fraction of sp³-hybridized carbons (Fsp3) is 0.647. The van der Waals surface area contributed by atoms with E-state index >= 15 is 0 Å². The Labute approximate surface area is 151 Å². The molecule has 1 aromatic heterocycles. The van der Waals surface area contributed by atoms with Gasteiger partial charge >= 0.3 is 6.18 Å². The summed E-state index contributed by atoms with van der Waals surface area (Å²) < 4.78 is 46.5. The third-order valence-corrected chi connectivity index (χ3v) is 3.83. The quantitative estimate of drug-likeness (QED) is 0.409. The van der Waals surface area contributed by atoms with E-state index in [0.29, 0.717) is 19.1 Å². The van der Waals surface area contributed by atoms with Gasteiger partial charge in [0.1, 0.15) is 0 Å². The van der Waals surface area contributed by atoms with Crippen LogP contribution in [0, 0.1) is 5.92 Å². The Hall–Kier alpha value is -2.03. The molecule has 146 valence electrons. The second-order valence-corrected chi connectivity index (χ2v) is 6.25. The molecule has 2 rings (SSSR count).